The van der Waals surface area contributed by atoms with Gasteiger partial charge in [0.2, 0.25) is 0 Å². The fraction of sp³-hybridized carbons (Fsp3) is 0.125. The van der Waals surface area contributed by atoms with E-state index in [0.717, 1.165) is 23.3 Å². The van der Waals surface area contributed by atoms with Gasteiger partial charge in [-0.2, -0.15) is 5.10 Å². The molecule has 114 valence electrons. The molecular formula is C16H16N2O4. The van der Waals surface area contributed by atoms with E-state index in [1.165, 1.54) is 0 Å². The molecule has 0 saturated carbocycles. The van der Waals surface area contributed by atoms with Crippen molar-refractivity contribution < 1.29 is 20.1 Å². The van der Waals surface area contributed by atoms with Gasteiger partial charge in [-0.3, -0.25) is 4.79 Å². The van der Waals surface area contributed by atoms with Crippen LogP contribution in [0.1, 0.15) is 28.4 Å². The van der Waals surface area contributed by atoms with Crippen molar-refractivity contribution in [1.82, 2.24) is 5.43 Å². The third-order valence-corrected chi connectivity index (χ3v) is 3.09. The van der Waals surface area contributed by atoms with E-state index < -0.39 is 23.2 Å². The average Bonchev–Trinajstić information content (AvgIpc) is 2.49. The van der Waals surface area contributed by atoms with Crippen LogP contribution in [0, 0.1) is 6.92 Å². The molecule has 0 heterocycles. The van der Waals surface area contributed by atoms with E-state index in [1.54, 1.807) is 6.92 Å². The minimum atomic E-state index is -0.670. The highest BCUT2D eigenvalue weighted by molar-refractivity contribution is 6.01. The van der Waals surface area contributed by atoms with Gasteiger partial charge >= 0.3 is 0 Å². The first-order chi connectivity index (χ1) is 10.4. The molecule has 22 heavy (non-hydrogen) atoms. The first kappa shape index (κ1) is 15.4. The van der Waals surface area contributed by atoms with Gasteiger partial charge in [-0.25, -0.2) is 5.43 Å². The second kappa shape index (κ2) is 6.17. The molecule has 2 aromatic carbocycles. The second-order valence-corrected chi connectivity index (χ2v) is 4.87. The molecule has 0 aliphatic carbocycles. The van der Waals surface area contributed by atoms with Crippen molar-refractivity contribution in [3.63, 3.8) is 0 Å². The smallest absolute Gasteiger partial charge is 0.271 e. The lowest BCUT2D eigenvalue weighted by Gasteiger charge is -2.06. The number of amides is 1. The lowest BCUT2D eigenvalue weighted by molar-refractivity contribution is 0.0954. The summed E-state index contributed by atoms with van der Waals surface area (Å²) in [5.74, 6) is -2.44. The Hall–Kier alpha value is -3.02. The SMILES string of the molecule is C/C(=N\NC(=O)c1cc(O)c(O)c(O)c1)c1cccc(C)c1. The summed E-state index contributed by atoms with van der Waals surface area (Å²) in [6.45, 7) is 3.71. The normalized spacial score (nSPS) is 11.3. The lowest BCUT2D eigenvalue weighted by Crippen LogP contribution is -2.19. The number of phenolic OH excluding ortho intramolecular Hbond substituents is 3. The van der Waals surface area contributed by atoms with E-state index in [0.29, 0.717) is 5.71 Å². The summed E-state index contributed by atoms with van der Waals surface area (Å²) in [6.07, 6.45) is 0. The first-order valence-corrected chi connectivity index (χ1v) is 6.55. The Balaban J connectivity index is 2.17. The van der Waals surface area contributed by atoms with Crippen molar-refractivity contribution in [2.24, 2.45) is 5.10 Å². The predicted molar refractivity (Wildman–Crippen MR) is 82.3 cm³/mol. The van der Waals surface area contributed by atoms with Crippen LogP contribution in [0.15, 0.2) is 41.5 Å². The number of aromatic hydroxyl groups is 3. The maximum Gasteiger partial charge on any atom is 0.271 e. The standard InChI is InChI=1S/C16H16N2O4/c1-9-4-3-5-11(6-9)10(2)17-18-16(22)12-7-13(19)15(21)14(20)8-12/h3-8,19-21H,1-2H3,(H,18,22)/b17-10+. The van der Waals surface area contributed by atoms with Crippen molar-refractivity contribution in [2.45, 2.75) is 13.8 Å². The highest BCUT2D eigenvalue weighted by Crippen LogP contribution is 2.35. The van der Waals surface area contributed by atoms with E-state index in [9.17, 15) is 20.1 Å². The summed E-state index contributed by atoms with van der Waals surface area (Å²) in [6, 6.07) is 9.74. The zero-order valence-corrected chi connectivity index (χ0v) is 12.2. The van der Waals surface area contributed by atoms with Gasteiger partial charge in [-0.05, 0) is 31.5 Å². The molecule has 2 aromatic rings. The van der Waals surface area contributed by atoms with E-state index in [1.807, 2.05) is 31.2 Å². The van der Waals surface area contributed by atoms with Crippen LogP contribution >= 0.6 is 0 Å². The number of carbonyl (C=O) groups excluding carboxylic acids is 1. The number of benzene rings is 2. The quantitative estimate of drug-likeness (QED) is 0.396. The molecule has 0 fully saturated rings. The number of carbonyl (C=O) groups is 1. The van der Waals surface area contributed by atoms with E-state index >= 15 is 0 Å². The zero-order chi connectivity index (χ0) is 16.3. The Bertz CT molecular complexity index is 731. The van der Waals surface area contributed by atoms with Crippen molar-refractivity contribution in [1.29, 1.82) is 0 Å². The van der Waals surface area contributed by atoms with Crippen molar-refractivity contribution >= 4 is 11.6 Å². The van der Waals surface area contributed by atoms with Crippen LogP contribution in [0.4, 0.5) is 0 Å². The molecule has 0 saturated heterocycles. The van der Waals surface area contributed by atoms with Gasteiger partial charge < -0.3 is 15.3 Å². The molecule has 0 bridgehead atoms. The summed E-state index contributed by atoms with van der Waals surface area (Å²) in [5.41, 5.74) is 4.88. The molecule has 0 aliphatic heterocycles. The van der Waals surface area contributed by atoms with Crippen molar-refractivity contribution in [2.75, 3.05) is 0 Å². The zero-order valence-electron chi connectivity index (χ0n) is 12.2. The Morgan fingerprint density at radius 1 is 1.05 bits per heavy atom. The molecular weight excluding hydrogens is 284 g/mol. The number of hydrogen-bond donors (Lipinski definition) is 4. The third-order valence-electron chi connectivity index (χ3n) is 3.09. The maximum atomic E-state index is 11.9. The van der Waals surface area contributed by atoms with Gasteiger partial charge in [-0.1, -0.05) is 29.8 Å². The fourth-order valence-electron chi connectivity index (χ4n) is 1.87. The topological polar surface area (TPSA) is 102 Å². The molecule has 6 nitrogen and oxygen atoms in total. The molecule has 2 rings (SSSR count). The highest BCUT2D eigenvalue weighted by atomic mass is 16.3. The van der Waals surface area contributed by atoms with E-state index in [-0.39, 0.29) is 5.56 Å². The number of aryl methyl sites for hydroxylation is 1. The molecule has 1 amide bonds. The van der Waals surface area contributed by atoms with Crippen LogP contribution in [-0.2, 0) is 0 Å². The van der Waals surface area contributed by atoms with Crippen LogP contribution in [0.3, 0.4) is 0 Å². The Kier molecular flexibility index (Phi) is 4.31. The van der Waals surface area contributed by atoms with Gasteiger partial charge in [-0.15, -0.1) is 0 Å². The van der Waals surface area contributed by atoms with Gasteiger partial charge in [0, 0.05) is 5.56 Å². The molecule has 0 atom stereocenters. The molecule has 4 N–H and O–H groups in total. The average molecular weight is 300 g/mol. The largest absolute Gasteiger partial charge is 0.504 e. The minimum absolute atomic E-state index is 0.0198. The molecule has 0 unspecified atom stereocenters. The predicted octanol–water partition coefficient (Wildman–Crippen LogP) is 2.27. The summed E-state index contributed by atoms with van der Waals surface area (Å²) in [7, 11) is 0. The van der Waals surface area contributed by atoms with Gasteiger partial charge in [0.25, 0.3) is 5.91 Å². The van der Waals surface area contributed by atoms with E-state index in [2.05, 4.69) is 10.5 Å². The van der Waals surface area contributed by atoms with Crippen LogP contribution < -0.4 is 5.43 Å². The number of hydrogen-bond acceptors (Lipinski definition) is 5. The molecule has 0 aromatic heterocycles. The third kappa shape index (κ3) is 3.35. The summed E-state index contributed by atoms with van der Waals surface area (Å²) >= 11 is 0. The maximum absolute atomic E-state index is 11.9. The summed E-state index contributed by atoms with van der Waals surface area (Å²) in [5, 5.41) is 32.0. The highest BCUT2D eigenvalue weighted by Gasteiger charge is 2.13. The monoisotopic (exact) mass is 300 g/mol. The fourth-order valence-corrected chi connectivity index (χ4v) is 1.87. The minimum Gasteiger partial charge on any atom is -0.504 e. The van der Waals surface area contributed by atoms with Crippen molar-refractivity contribution in [3.05, 3.63) is 53.1 Å². The Morgan fingerprint density at radius 3 is 2.27 bits per heavy atom. The molecule has 0 aliphatic rings. The molecule has 6 heteroatoms. The van der Waals surface area contributed by atoms with Crippen LogP contribution in [-0.4, -0.2) is 26.9 Å². The van der Waals surface area contributed by atoms with Gasteiger partial charge in [0.05, 0.1) is 5.71 Å². The summed E-state index contributed by atoms with van der Waals surface area (Å²) in [4.78, 5) is 11.9. The Labute approximate surface area is 127 Å². The van der Waals surface area contributed by atoms with Crippen LogP contribution in [0.25, 0.3) is 0 Å². The van der Waals surface area contributed by atoms with Crippen molar-refractivity contribution in [3.8, 4) is 17.2 Å². The lowest BCUT2D eigenvalue weighted by atomic mass is 10.1. The second-order valence-electron chi connectivity index (χ2n) is 4.87. The molecule has 0 radical (unpaired) electrons. The number of nitrogens with zero attached hydrogens (tertiary/aromatic N) is 1. The van der Waals surface area contributed by atoms with Gasteiger partial charge in [0.15, 0.2) is 17.2 Å². The van der Waals surface area contributed by atoms with E-state index in [4.69, 9.17) is 0 Å². The first-order valence-electron chi connectivity index (χ1n) is 6.55. The number of nitrogens with one attached hydrogen (secondary N) is 1. The number of hydrazone groups is 1. The Morgan fingerprint density at radius 2 is 1.68 bits per heavy atom. The van der Waals surface area contributed by atoms with Crippen LogP contribution in [0.5, 0.6) is 17.2 Å². The summed E-state index contributed by atoms with van der Waals surface area (Å²) < 4.78 is 0. The van der Waals surface area contributed by atoms with Crippen LogP contribution in [0.2, 0.25) is 0 Å². The van der Waals surface area contributed by atoms with Gasteiger partial charge in [0.1, 0.15) is 0 Å². The molecule has 0 spiro atoms. The number of phenols is 3. The number of rotatable bonds is 3.